The van der Waals surface area contributed by atoms with Gasteiger partial charge in [-0.2, -0.15) is 0 Å². The third-order valence-corrected chi connectivity index (χ3v) is 3.34. The minimum Gasteiger partial charge on any atom is -0.469 e. The van der Waals surface area contributed by atoms with Gasteiger partial charge in [-0.05, 0) is 43.3 Å². The molecule has 18 heavy (non-hydrogen) atoms. The molecule has 0 saturated heterocycles. The molecule has 2 rings (SSSR count). The largest absolute Gasteiger partial charge is 0.469 e. The number of aryl methyl sites for hydroxylation is 1. The van der Waals surface area contributed by atoms with Crippen LogP contribution in [0.2, 0.25) is 10.0 Å². The lowest BCUT2D eigenvalue weighted by Gasteiger charge is -2.18. The second kappa shape index (κ2) is 5.79. The Labute approximate surface area is 117 Å². The summed E-state index contributed by atoms with van der Waals surface area (Å²) in [7, 11) is 0. The number of furan rings is 1. The molecule has 0 aliphatic heterocycles. The fourth-order valence-electron chi connectivity index (χ4n) is 1.96. The number of benzene rings is 1. The van der Waals surface area contributed by atoms with Gasteiger partial charge in [-0.1, -0.05) is 30.1 Å². The maximum absolute atomic E-state index is 6.25. The summed E-state index contributed by atoms with van der Waals surface area (Å²) >= 11 is 12.3. The van der Waals surface area contributed by atoms with Crippen LogP contribution >= 0.6 is 23.2 Å². The molecule has 1 unspecified atom stereocenters. The van der Waals surface area contributed by atoms with E-state index in [1.54, 1.807) is 12.3 Å². The average molecular weight is 284 g/mol. The summed E-state index contributed by atoms with van der Waals surface area (Å²) < 4.78 is 5.37. The fourth-order valence-corrected chi connectivity index (χ4v) is 2.37. The Hall–Kier alpha value is -0.960. The highest BCUT2D eigenvalue weighted by molar-refractivity contribution is 6.33. The number of hydrogen-bond donors (Lipinski definition) is 1. The highest BCUT2D eigenvalue weighted by Gasteiger charge is 2.18. The molecule has 1 N–H and O–H groups in total. The van der Waals surface area contributed by atoms with Crippen molar-refractivity contribution in [2.24, 2.45) is 0 Å². The zero-order chi connectivity index (χ0) is 13.1. The fraction of sp³-hybridized carbons (Fsp3) is 0.286. The standard InChI is InChI=1S/C14H15Cl2NO/c1-3-17-14(10-6-9(2)18-8-10)12-7-11(15)4-5-13(12)16/h4-8,14,17H,3H2,1-2H3. The first-order valence-corrected chi connectivity index (χ1v) is 6.60. The van der Waals surface area contributed by atoms with Crippen molar-refractivity contribution < 1.29 is 4.42 Å². The zero-order valence-corrected chi connectivity index (χ0v) is 11.8. The number of hydrogen-bond acceptors (Lipinski definition) is 2. The smallest absolute Gasteiger partial charge is 0.101 e. The van der Waals surface area contributed by atoms with Crippen LogP contribution in [0.3, 0.4) is 0 Å². The van der Waals surface area contributed by atoms with E-state index < -0.39 is 0 Å². The van der Waals surface area contributed by atoms with Crippen LogP contribution in [-0.2, 0) is 0 Å². The van der Waals surface area contributed by atoms with Crippen LogP contribution in [0.5, 0.6) is 0 Å². The maximum atomic E-state index is 6.25. The molecule has 0 fully saturated rings. The molecule has 2 nitrogen and oxygen atoms in total. The minimum absolute atomic E-state index is 0.00125. The zero-order valence-electron chi connectivity index (χ0n) is 10.3. The lowest BCUT2D eigenvalue weighted by atomic mass is 10.0. The van der Waals surface area contributed by atoms with E-state index in [4.69, 9.17) is 27.6 Å². The van der Waals surface area contributed by atoms with Gasteiger partial charge in [0.15, 0.2) is 0 Å². The van der Waals surface area contributed by atoms with Crippen molar-refractivity contribution in [2.45, 2.75) is 19.9 Å². The number of nitrogens with one attached hydrogen (secondary N) is 1. The van der Waals surface area contributed by atoms with Gasteiger partial charge in [0.05, 0.1) is 12.3 Å². The second-order valence-electron chi connectivity index (χ2n) is 4.15. The Morgan fingerprint density at radius 1 is 1.28 bits per heavy atom. The Bertz CT molecular complexity index is 536. The SMILES string of the molecule is CCNC(c1coc(C)c1)c1cc(Cl)ccc1Cl. The van der Waals surface area contributed by atoms with Gasteiger partial charge in [-0.25, -0.2) is 0 Å². The quantitative estimate of drug-likeness (QED) is 0.888. The topological polar surface area (TPSA) is 25.2 Å². The van der Waals surface area contributed by atoms with E-state index in [-0.39, 0.29) is 6.04 Å². The summed E-state index contributed by atoms with van der Waals surface area (Å²) in [6.45, 7) is 4.81. The van der Waals surface area contributed by atoms with Crippen molar-refractivity contribution in [1.29, 1.82) is 0 Å². The molecule has 0 bridgehead atoms. The first-order valence-electron chi connectivity index (χ1n) is 5.85. The Morgan fingerprint density at radius 2 is 2.06 bits per heavy atom. The highest BCUT2D eigenvalue weighted by atomic mass is 35.5. The third kappa shape index (κ3) is 2.89. The average Bonchev–Trinajstić information content (AvgIpc) is 2.76. The van der Waals surface area contributed by atoms with E-state index in [1.807, 2.05) is 25.1 Å². The summed E-state index contributed by atoms with van der Waals surface area (Å²) in [6, 6.07) is 7.50. The summed E-state index contributed by atoms with van der Waals surface area (Å²) in [5, 5.41) is 4.77. The van der Waals surface area contributed by atoms with Crippen LogP contribution in [-0.4, -0.2) is 6.54 Å². The maximum Gasteiger partial charge on any atom is 0.101 e. The molecular formula is C14H15Cl2NO. The van der Waals surface area contributed by atoms with Crippen molar-refractivity contribution in [2.75, 3.05) is 6.54 Å². The molecule has 0 saturated carbocycles. The normalized spacial score (nSPS) is 12.7. The van der Waals surface area contributed by atoms with Crippen LogP contribution in [0.25, 0.3) is 0 Å². The van der Waals surface area contributed by atoms with Crippen LogP contribution in [0.1, 0.15) is 29.9 Å². The molecule has 1 aromatic heterocycles. The van der Waals surface area contributed by atoms with Crippen LogP contribution in [0.4, 0.5) is 0 Å². The summed E-state index contributed by atoms with van der Waals surface area (Å²) in [6.07, 6.45) is 1.75. The second-order valence-corrected chi connectivity index (χ2v) is 4.99. The van der Waals surface area contributed by atoms with E-state index in [9.17, 15) is 0 Å². The number of halogens is 2. The van der Waals surface area contributed by atoms with E-state index in [2.05, 4.69) is 12.2 Å². The van der Waals surface area contributed by atoms with Gasteiger partial charge < -0.3 is 9.73 Å². The summed E-state index contributed by atoms with van der Waals surface area (Å²) in [5.74, 6) is 0.881. The lowest BCUT2D eigenvalue weighted by Crippen LogP contribution is -2.21. The molecule has 0 aliphatic carbocycles. The molecule has 0 aliphatic rings. The first-order chi connectivity index (χ1) is 8.61. The summed E-state index contributed by atoms with van der Waals surface area (Å²) in [5.41, 5.74) is 2.02. The summed E-state index contributed by atoms with van der Waals surface area (Å²) in [4.78, 5) is 0. The molecular weight excluding hydrogens is 269 g/mol. The van der Waals surface area contributed by atoms with E-state index in [0.29, 0.717) is 10.0 Å². The monoisotopic (exact) mass is 283 g/mol. The Kier molecular flexibility index (Phi) is 4.33. The first kappa shape index (κ1) is 13.5. The molecule has 96 valence electrons. The molecule has 0 spiro atoms. The Morgan fingerprint density at radius 3 is 2.67 bits per heavy atom. The van der Waals surface area contributed by atoms with Gasteiger partial charge >= 0.3 is 0 Å². The van der Waals surface area contributed by atoms with Gasteiger partial charge in [-0.15, -0.1) is 0 Å². The van der Waals surface area contributed by atoms with Gasteiger partial charge in [-0.3, -0.25) is 0 Å². The molecule has 1 heterocycles. The Balaban J connectivity index is 2.44. The third-order valence-electron chi connectivity index (χ3n) is 2.76. The van der Waals surface area contributed by atoms with Crippen molar-refractivity contribution in [3.05, 3.63) is 57.5 Å². The minimum atomic E-state index is -0.00125. The van der Waals surface area contributed by atoms with Crippen LogP contribution < -0.4 is 5.32 Å². The molecule has 1 aromatic carbocycles. The van der Waals surface area contributed by atoms with E-state index in [0.717, 1.165) is 23.4 Å². The van der Waals surface area contributed by atoms with Crippen molar-refractivity contribution in [1.82, 2.24) is 5.32 Å². The molecule has 1 atom stereocenters. The lowest BCUT2D eigenvalue weighted by molar-refractivity contribution is 0.525. The van der Waals surface area contributed by atoms with Gasteiger partial charge in [0.25, 0.3) is 0 Å². The number of rotatable bonds is 4. The van der Waals surface area contributed by atoms with Crippen LogP contribution in [0.15, 0.2) is 34.9 Å². The van der Waals surface area contributed by atoms with Crippen molar-refractivity contribution >= 4 is 23.2 Å². The molecule has 0 amide bonds. The van der Waals surface area contributed by atoms with Gasteiger partial charge in [0.2, 0.25) is 0 Å². The van der Waals surface area contributed by atoms with E-state index >= 15 is 0 Å². The molecule has 4 heteroatoms. The molecule has 0 radical (unpaired) electrons. The van der Waals surface area contributed by atoms with Gasteiger partial charge in [0, 0.05) is 15.6 Å². The highest BCUT2D eigenvalue weighted by Crippen LogP contribution is 2.31. The molecule has 2 aromatic rings. The van der Waals surface area contributed by atoms with Gasteiger partial charge in [0.1, 0.15) is 5.76 Å². The van der Waals surface area contributed by atoms with Crippen molar-refractivity contribution in [3.8, 4) is 0 Å². The van der Waals surface area contributed by atoms with E-state index in [1.165, 1.54) is 0 Å². The predicted octanol–water partition coefficient (Wildman–Crippen LogP) is 4.59. The van der Waals surface area contributed by atoms with Crippen molar-refractivity contribution in [3.63, 3.8) is 0 Å². The predicted molar refractivity (Wildman–Crippen MR) is 75.4 cm³/mol. The van der Waals surface area contributed by atoms with Crippen LogP contribution in [0, 0.1) is 6.92 Å².